The summed E-state index contributed by atoms with van der Waals surface area (Å²) < 4.78 is 64.9. The van der Waals surface area contributed by atoms with Gasteiger partial charge in [0.05, 0.1) is 16.1 Å². The van der Waals surface area contributed by atoms with Crippen LogP contribution in [0.2, 0.25) is 0 Å². The summed E-state index contributed by atoms with van der Waals surface area (Å²) in [6.45, 7) is 0. The van der Waals surface area contributed by atoms with E-state index in [1.807, 2.05) is 0 Å². The number of rotatable bonds is 4. The summed E-state index contributed by atoms with van der Waals surface area (Å²) in [7, 11) is -9.56. The molecule has 1 aliphatic carbocycles. The third-order valence-corrected chi connectivity index (χ3v) is 5.48. The second kappa shape index (κ2) is 6.83. The van der Waals surface area contributed by atoms with Gasteiger partial charge >= 0.3 is 0 Å². The molecule has 0 aromatic heterocycles. The average Bonchev–Trinajstić information content (AvgIpc) is 2.59. The second-order valence-corrected chi connectivity index (χ2v) is 8.51. The highest BCUT2D eigenvalue weighted by atomic mass is 32.2. The SMILES string of the molecule is Nc1cc(S(=O)(=O)O)cc2c1C(=O)C(=NNc1ccccc1)C(S(=O)(=O)O)=C2. The predicted molar refractivity (Wildman–Crippen MR) is 102 cm³/mol. The van der Waals surface area contributed by atoms with E-state index in [1.54, 1.807) is 30.3 Å². The van der Waals surface area contributed by atoms with E-state index >= 15 is 0 Å². The van der Waals surface area contributed by atoms with Crippen molar-refractivity contribution in [3.05, 3.63) is 58.5 Å². The van der Waals surface area contributed by atoms with Crippen molar-refractivity contribution in [2.75, 3.05) is 11.2 Å². The molecule has 0 atom stereocenters. The summed E-state index contributed by atoms with van der Waals surface area (Å²) >= 11 is 0. The van der Waals surface area contributed by atoms with Crippen LogP contribution in [-0.2, 0) is 20.2 Å². The smallest absolute Gasteiger partial charge is 0.296 e. The van der Waals surface area contributed by atoms with Crippen molar-refractivity contribution in [2.24, 2.45) is 5.10 Å². The standard InChI is InChI=1S/C16H13N3O7S2/c17-12-8-11(27(21,22)23)6-9-7-13(28(24,25)26)15(16(20)14(9)12)19-18-10-4-2-1-3-5-10/h1-8,18H,17H2,(H,21,22,23)(H,24,25,26). The third kappa shape index (κ3) is 3.80. The molecular weight excluding hydrogens is 410 g/mol. The van der Waals surface area contributed by atoms with E-state index in [0.29, 0.717) is 5.69 Å². The van der Waals surface area contributed by atoms with Crippen molar-refractivity contribution in [1.29, 1.82) is 0 Å². The van der Waals surface area contributed by atoms with Crippen molar-refractivity contribution in [3.63, 3.8) is 0 Å². The highest BCUT2D eigenvalue weighted by Gasteiger charge is 2.35. The molecule has 0 saturated heterocycles. The largest absolute Gasteiger partial charge is 0.398 e. The van der Waals surface area contributed by atoms with E-state index in [0.717, 1.165) is 18.2 Å². The lowest BCUT2D eigenvalue weighted by Gasteiger charge is -2.18. The fourth-order valence-corrected chi connectivity index (χ4v) is 3.77. The number of para-hydroxylation sites is 1. The molecule has 146 valence electrons. The van der Waals surface area contributed by atoms with Crippen LogP contribution in [0.4, 0.5) is 11.4 Å². The highest BCUT2D eigenvalue weighted by molar-refractivity contribution is 7.91. The van der Waals surface area contributed by atoms with Crippen LogP contribution in [-0.4, -0.2) is 37.4 Å². The molecule has 0 fully saturated rings. The number of hydrogen-bond acceptors (Lipinski definition) is 8. The molecule has 1 aliphatic rings. The van der Waals surface area contributed by atoms with E-state index in [1.165, 1.54) is 0 Å². The van der Waals surface area contributed by atoms with Crippen LogP contribution in [0.1, 0.15) is 15.9 Å². The minimum atomic E-state index is -4.90. The Kier molecular flexibility index (Phi) is 4.81. The Balaban J connectivity index is 2.21. The van der Waals surface area contributed by atoms with Gasteiger partial charge in [-0.1, -0.05) is 18.2 Å². The number of Topliss-reactive ketones (excluding diaryl/α,β-unsaturated/α-hetero) is 1. The van der Waals surface area contributed by atoms with E-state index < -0.39 is 41.5 Å². The fraction of sp³-hybridized carbons (Fsp3) is 0. The van der Waals surface area contributed by atoms with Gasteiger partial charge in [-0.2, -0.15) is 21.9 Å². The second-order valence-electron chi connectivity index (χ2n) is 5.70. The third-order valence-electron chi connectivity index (χ3n) is 3.78. The molecular formula is C16H13N3O7S2. The fourth-order valence-electron chi connectivity index (χ4n) is 2.56. The van der Waals surface area contributed by atoms with Crippen molar-refractivity contribution in [1.82, 2.24) is 0 Å². The molecule has 12 heteroatoms. The van der Waals surface area contributed by atoms with Gasteiger partial charge in [0, 0.05) is 5.69 Å². The number of carbonyl (C=O) groups is 1. The summed E-state index contributed by atoms with van der Waals surface area (Å²) in [5, 5.41) is 3.78. The van der Waals surface area contributed by atoms with Gasteiger partial charge in [-0.15, -0.1) is 0 Å². The van der Waals surface area contributed by atoms with Gasteiger partial charge in [0.15, 0.2) is 5.71 Å². The first-order chi connectivity index (χ1) is 13.0. The molecule has 0 bridgehead atoms. The summed E-state index contributed by atoms with van der Waals surface area (Å²) in [6, 6.07) is 10.0. The molecule has 2 aromatic rings. The lowest BCUT2D eigenvalue weighted by Crippen LogP contribution is -2.28. The first-order valence-corrected chi connectivity index (χ1v) is 10.4. The normalized spacial score (nSPS) is 15.9. The van der Waals surface area contributed by atoms with E-state index in [9.17, 15) is 30.7 Å². The van der Waals surface area contributed by atoms with Gasteiger partial charge < -0.3 is 5.73 Å². The number of nitrogens with one attached hydrogen (secondary N) is 1. The number of hydrogen-bond donors (Lipinski definition) is 4. The molecule has 0 radical (unpaired) electrons. The van der Waals surface area contributed by atoms with Gasteiger partial charge in [0.2, 0.25) is 5.78 Å². The van der Waals surface area contributed by atoms with Crippen LogP contribution in [0, 0.1) is 0 Å². The monoisotopic (exact) mass is 423 g/mol. The topological polar surface area (TPSA) is 176 Å². The summed E-state index contributed by atoms with van der Waals surface area (Å²) in [5.41, 5.74) is 7.32. The number of carbonyl (C=O) groups excluding carboxylic acids is 1. The first-order valence-electron chi connectivity index (χ1n) is 7.52. The molecule has 0 saturated carbocycles. The zero-order valence-corrected chi connectivity index (χ0v) is 15.5. The highest BCUT2D eigenvalue weighted by Crippen LogP contribution is 2.32. The summed E-state index contributed by atoms with van der Waals surface area (Å²) in [5.74, 6) is -0.951. The van der Waals surface area contributed by atoms with Crippen molar-refractivity contribution in [3.8, 4) is 0 Å². The molecule has 0 unspecified atom stereocenters. The van der Waals surface area contributed by atoms with Crippen LogP contribution < -0.4 is 11.2 Å². The van der Waals surface area contributed by atoms with Gasteiger partial charge in [-0.3, -0.25) is 19.3 Å². The Morgan fingerprint density at radius 3 is 2.18 bits per heavy atom. The number of anilines is 2. The first kappa shape index (κ1) is 19.7. The Labute approximate surface area is 159 Å². The predicted octanol–water partition coefficient (Wildman–Crippen LogP) is 1.41. The zero-order valence-electron chi connectivity index (χ0n) is 13.9. The van der Waals surface area contributed by atoms with Crippen LogP contribution in [0.25, 0.3) is 6.08 Å². The van der Waals surface area contributed by atoms with E-state index in [4.69, 9.17) is 5.73 Å². The molecule has 28 heavy (non-hydrogen) atoms. The molecule has 10 nitrogen and oxygen atoms in total. The summed E-state index contributed by atoms with van der Waals surface area (Å²) in [6.07, 6.45) is 0.850. The van der Waals surface area contributed by atoms with E-state index in [-0.39, 0.29) is 16.8 Å². The number of ketones is 1. The molecule has 0 heterocycles. The maximum Gasteiger partial charge on any atom is 0.296 e. The Hall–Kier alpha value is -3.06. The molecule has 0 amide bonds. The number of nitrogens with two attached hydrogens (primary N) is 1. The van der Waals surface area contributed by atoms with Gasteiger partial charge in [0.1, 0.15) is 4.91 Å². The van der Waals surface area contributed by atoms with Crippen molar-refractivity contribution in [2.45, 2.75) is 4.90 Å². The number of benzene rings is 2. The Morgan fingerprint density at radius 1 is 0.964 bits per heavy atom. The summed E-state index contributed by atoms with van der Waals surface area (Å²) in [4.78, 5) is 11.3. The number of allylic oxidation sites excluding steroid dienone is 1. The van der Waals surface area contributed by atoms with Gasteiger partial charge in [0.25, 0.3) is 20.2 Å². The number of hydrazone groups is 1. The van der Waals surface area contributed by atoms with Crippen molar-refractivity contribution < 1.29 is 30.7 Å². The minimum Gasteiger partial charge on any atom is -0.398 e. The zero-order chi connectivity index (χ0) is 20.7. The lowest BCUT2D eigenvalue weighted by atomic mass is 9.93. The number of fused-ring (bicyclic) bond motifs is 1. The van der Waals surface area contributed by atoms with Gasteiger partial charge in [-0.05, 0) is 35.9 Å². The van der Waals surface area contributed by atoms with Crippen LogP contribution in [0.15, 0.2) is 57.4 Å². The number of nitrogens with zero attached hydrogens (tertiary/aromatic N) is 1. The molecule has 5 N–H and O–H groups in total. The molecule has 0 aliphatic heterocycles. The van der Waals surface area contributed by atoms with Crippen LogP contribution >= 0.6 is 0 Å². The van der Waals surface area contributed by atoms with Crippen LogP contribution in [0.5, 0.6) is 0 Å². The lowest BCUT2D eigenvalue weighted by molar-refractivity contribution is 0.106. The van der Waals surface area contributed by atoms with Crippen LogP contribution in [0.3, 0.4) is 0 Å². The maximum atomic E-state index is 12.8. The van der Waals surface area contributed by atoms with Gasteiger partial charge in [-0.25, -0.2) is 0 Å². The molecule has 2 aromatic carbocycles. The average molecular weight is 423 g/mol. The number of nitrogen functional groups attached to an aromatic ring is 1. The molecule has 3 rings (SSSR count). The minimum absolute atomic E-state index is 0.205. The quantitative estimate of drug-likeness (QED) is 0.321. The van der Waals surface area contributed by atoms with Crippen molar-refractivity contribution >= 4 is 49.2 Å². The Bertz CT molecular complexity index is 1250. The molecule has 0 spiro atoms. The van der Waals surface area contributed by atoms with E-state index in [2.05, 4.69) is 10.5 Å². The Morgan fingerprint density at radius 2 is 1.61 bits per heavy atom. The maximum absolute atomic E-state index is 12.8.